The number of allylic oxidation sites excluding steroid dienone is 2. The van der Waals surface area contributed by atoms with Crippen LogP contribution in [-0.2, 0) is 23.9 Å². The average molecular weight is 567 g/mol. The number of hydrogen-bond donors (Lipinski definition) is 1. The topological polar surface area (TPSA) is 135 Å². The van der Waals surface area contributed by atoms with Gasteiger partial charge in [0.05, 0.1) is 26.2 Å². The van der Waals surface area contributed by atoms with E-state index >= 15 is 0 Å². The van der Waals surface area contributed by atoms with Crippen molar-refractivity contribution in [3.8, 4) is 23.0 Å². The molecule has 0 spiro atoms. The summed E-state index contributed by atoms with van der Waals surface area (Å²) in [6.07, 6.45) is 4.94. The summed E-state index contributed by atoms with van der Waals surface area (Å²) < 4.78 is 26.0. The molecule has 10 nitrogen and oxygen atoms in total. The maximum atomic E-state index is 13.2. The molecule has 0 aliphatic carbocycles. The Morgan fingerprint density at radius 1 is 0.756 bits per heavy atom. The molecule has 2 aromatic rings. The van der Waals surface area contributed by atoms with Crippen molar-refractivity contribution in [3.63, 3.8) is 0 Å². The number of ether oxygens (including phenoxy) is 5. The van der Waals surface area contributed by atoms with Crippen molar-refractivity contribution in [2.24, 2.45) is 0 Å². The number of ketones is 1. The SMILES string of the molecule is COc1cc(/C=C/C(=O)/C(CC(=O)OC(C)(C)C)=C(O)/C=C/c2ccc(OC(C)=O)c(OC)c2)ccc1OC(C)=O. The molecule has 0 unspecified atom stereocenters. The molecular weight excluding hydrogens is 532 g/mol. The van der Waals surface area contributed by atoms with Gasteiger partial charge in [0.25, 0.3) is 0 Å². The molecule has 0 heterocycles. The highest BCUT2D eigenvalue weighted by atomic mass is 16.6. The minimum Gasteiger partial charge on any atom is -0.508 e. The summed E-state index contributed by atoms with van der Waals surface area (Å²) in [5.41, 5.74) is 0.105. The zero-order chi connectivity index (χ0) is 30.7. The predicted molar refractivity (Wildman–Crippen MR) is 152 cm³/mol. The van der Waals surface area contributed by atoms with Crippen LogP contribution in [0.1, 0.15) is 52.2 Å². The number of carbonyl (C=O) groups excluding carboxylic acids is 4. The first-order valence-corrected chi connectivity index (χ1v) is 12.5. The fourth-order valence-electron chi connectivity index (χ4n) is 3.43. The lowest BCUT2D eigenvalue weighted by molar-refractivity contribution is -0.154. The lowest BCUT2D eigenvalue weighted by Gasteiger charge is -2.19. The molecule has 0 radical (unpaired) electrons. The number of benzene rings is 2. The van der Waals surface area contributed by atoms with Gasteiger partial charge in [0.1, 0.15) is 11.4 Å². The fourth-order valence-corrected chi connectivity index (χ4v) is 3.43. The van der Waals surface area contributed by atoms with Crippen LogP contribution in [0.15, 0.2) is 59.9 Å². The largest absolute Gasteiger partial charge is 0.508 e. The van der Waals surface area contributed by atoms with Crippen LogP contribution < -0.4 is 18.9 Å². The normalized spacial score (nSPS) is 12.1. The van der Waals surface area contributed by atoms with E-state index in [9.17, 15) is 24.3 Å². The fraction of sp³-hybridized carbons (Fsp3) is 0.290. The minimum atomic E-state index is -0.799. The van der Waals surface area contributed by atoms with Crippen LogP contribution >= 0.6 is 0 Å². The predicted octanol–water partition coefficient (Wildman–Crippen LogP) is 5.39. The summed E-state index contributed by atoms with van der Waals surface area (Å²) in [7, 11) is 2.82. The number of methoxy groups -OCH3 is 2. The highest BCUT2D eigenvalue weighted by Gasteiger charge is 2.22. The minimum absolute atomic E-state index is 0.196. The van der Waals surface area contributed by atoms with Gasteiger partial charge in [-0.3, -0.25) is 19.2 Å². The lowest BCUT2D eigenvalue weighted by atomic mass is 10.0. The summed E-state index contributed by atoms with van der Waals surface area (Å²) in [4.78, 5) is 48.3. The molecule has 41 heavy (non-hydrogen) atoms. The van der Waals surface area contributed by atoms with Gasteiger partial charge in [0, 0.05) is 13.8 Å². The summed E-state index contributed by atoms with van der Waals surface area (Å²) in [5, 5.41) is 10.8. The van der Waals surface area contributed by atoms with Gasteiger partial charge in [0.15, 0.2) is 28.8 Å². The van der Waals surface area contributed by atoms with Gasteiger partial charge >= 0.3 is 17.9 Å². The Bertz CT molecular complexity index is 1390. The summed E-state index contributed by atoms with van der Waals surface area (Å²) in [5.74, 6) is -1.80. The monoisotopic (exact) mass is 566 g/mol. The molecule has 0 amide bonds. The number of hydrogen-bond acceptors (Lipinski definition) is 10. The maximum Gasteiger partial charge on any atom is 0.311 e. The van der Waals surface area contributed by atoms with Crippen molar-refractivity contribution in [3.05, 3.63) is 71.0 Å². The smallest absolute Gasteiger partial charge is 0.311 e. The number of esters is 3. The van der Waals surface area contributed by atoms with E-state index in [1.165, 1.54) is 64.5 Å². The molecule has 1 N–H and O–H groups in total. The Morgan fingerprint density at radius 2 is 1.22 bits per heavy atom. The zero-order valence-electron chi connectivity index (χ0n) is 24.1. The average Bonchev–Trinajstić information content (AvgIpc) is 2.88. The summed E-state index contributed by atoms with van der Waals surface area (Å²) in [6.45, 7) is 7.60. The molecule has 0 saturated heterocycles. The third kappa shape index (κ3) is 10.7. The second kappa shape index (κ2) is 14.5. The summed E-state index contributed by atoms with van der Waals surface area (Å²) in [6, 6.07) is 9.40. The van der Waals surface area contributed by atoms with Gasteiger partial charge in [-0.25, -0.2) is 0 Å². The first-order chi connectivity index (χ1) is 19.2. The molecule has 218 valence electrons. The standard InChI is InChI=1S/C31H34O10/c1-19(32)39-26-14-10-21(16-28(26)37-6)8-12-24(34)23(18-30(36)41-31(3,4)5)25(35)13-9-22-11-15-27(40-20(2)33)29(17-22)38-7/h8-17,34H,18H2,1-7H3/b12-8+,13-9+,24-23-. The Labute approximate surface area is 238 Å². The second-order valence-corrected chi connectivity index (χ2v) is 9.67. The molecule has 0 aliphatic heterocycles. The van der Waals surface area contributed by atoms with Crippen LogP contribution in [0, 0.1) is 0 Å². The van der Waals surface area contributed by atoms with Crippen LogP contribution in [0.4, 0.5) is 0 Å². The Balaban J connectivity index is 2.41. The maximum absolute atomic E-state index is 13.2. The molecular formula is C31H34O10. The Morgan fingerprint density at radius 3 is 1.63 bits per heavy atom. The van der Waals surface area contributed by atoms with E-state index in [0.717, 1.165) is 0 Å². The van der Waals surface area contributed by atoms with E-state index in [2.05, 4.69) is 0 Å². The van der Waals surface area contributed by atoms with E-state index in [1.807, 2.05) is 0 Å². The molecule has 10 heteroatoms. The van der Waals surface area contributed by atoms with E-state index < -0.39 is 41.5 Å². The van der Waals surface area contributed by atoms with Crippen molar-refractivity contribution in [1.82, 2.24) is 0 Å². The molecule has 2 rings (SSSR count). The highest BCUT2D eigenvalue weighted by Crippen LogP contribution is 2.30. The third-order valence-electron chi connectivity index (χ3n) is 5.09. The molecule has 0 atom stereocenters. The van der Waals surface area contributed by atoms with Crippen molar-refractivity contribution in [1.29, 1.82) is 0 Å². The van der Waals surface area contributed by atoms with Gasteiger partial charge in [-0.05, 0) is 68.3 Å². The van der Waals surface area contributed by atoms with Crippen molar-refractivity contribution in [2.45, 2.75) is 46.6 Å². The lowest BCUT2D eigenvalue weighted by Crippen LogP contribution is -2.25. The summed E-state index contributed by atoms with van der Waals surface area (Å²) >= 11 is 0. The third-order valence-corrected chi connectivity index (χ3v) is 5.09. The first kappa shape index (κ1) is 32.4. The van der Waals surface area contributed by atoms with E-state index in [4.69, 9.17) is 23.7 Å². The van der Waals surface area contributed by atoms with Crippen LogP contribution in [0.25, 0.3) is 12.2 Å². The van der Waals surface area contributed by atoms with Gasteiger partial charge < -0.3 is 28.8 Å². The molecule has 0 fully saturated rings. The van der Waals surface area contributed by atoms with Gasteiger partial charge in [-0.15, -0.1) is 0 Å². The highest BCUT2D eigenvalue weighted by molar-refractivity contribution is 6.09. The number of rotatable bonds is 11. The van der Waals surface area contributed by atoms with Gasteiger partial charge in [-0.2, -0.15) is 0 Å². The quantitative estimate of drug-likeness (QED) is 0.124. The van der Waals surface area contributed by atoms with E-state index in [-0.39, 0.29) is 28.6 Å². The van der Waals surface area contributed by atoms with Crippen molar-refractivity contribution < 1.29 is 48.0 Å². The second-order valence-electron chi connectivity index (χ2n) is 9.67. The van der Waals surface area contributed by atoms with E-state index in [1.54, 1.807) is 45.0 Å². The Kier molecular flexibility index (Phi) is 11.4. The number of carbonyl (C=O) groups is 4. The van der Waals surface area contributed by atoms with Crippen LogP contribution in [0.3, 0.4) is 0 Å². The number of aliphatic hydroxyl groups excluding tert-OH is 1. The van der Waals surface area contributed by atoms with Crippen LogP contribution in [0.5, 0.6) is 23.0 Å². The van der Waals surface area contributed by atoms with Crippen molar-refractivity contribution >= 4 is 35.8 Å². The van der Waals surface area contributed by atoms with Gasteiger partial charge in [-0.1, -0.05) is 24.3 Å². The number of aliphatic hydroxyl groups is 1. The van der Waals surface area contributed by atoms with Gasteiger partial charge in [0.2, 0.25) is 0 Å². The Hall–Kier alpha value is -4.86. The van der Waals surface area contributed by atoms with Crippen molar-refractivity contribution in [2.75, 3.05) is 14.2 Å². The molecule has 0 aromatic heterocycles. The zero-order valence-corrected chi connectivity index (χ0v) is 24.1. The van der Waals surface area contributed by atoms with E-state index in [0.29, 0.717) is 11.1 Å². The first-order valence-electron chi connectivity index (χ1n) is 12.5. The van der Waals surface area contributed by atoms with Crippen LogP contribution in [0.2, 0.25) is 0 Å². The van der Waals surface area contributed by atoms with Crippen LogP contribution in [-0.4, -0.2) is 48.6 Å². The molecule has 0 aliphatic rings. The molecule has 2 aromatic carbocycles. The molecule has 0 saturated carbocycles. The molecule has 0 bridgehead atoms.